The number of hydrogen-bond donors (Lipinski definition) is 0. The molecule has 1 aliphatic heterocycles. The molecule has 0 spiro atoms. The van der Waals surface area contributed by atoms with Crippen LogP contribution in [-0.4, -0.2) is 55.9 Å². The number of fused-ring (bicyclic) bond motifs is 1. The molecule has 1 saturated carbocycles. The largest absolute Gasteiger partial charge is 0.433 e. The van der Waals surface area contributed by atoms with Crippen molar-refractivity contribution < 1.29 is 22.4 Å². The van der Waals surface area contributed by atoms with Crippen LogP contribution in [0, 0.1) is 11.7 Å². The van der Waals surface area contributed by atoms with E-state index in [1.165, 1.54) is 24.8 Å². The van der Waals surface area contributed by atoms with Gasteiger partial charge in [0.1, 0.15) is 29.3 Å². The summed E-state index contributed by atoms with van der Waals surface area (Å²) in [6, 6.07) is 2.51. The molecule has 7 nitrogen and oxygen atoms in total. The maximum atomic E-state index is 15.3. The molecule has 3 aromatic rings. The van der Waals surface area contributed by atoms with Gasteiger partial charge in [-0.1, -0.05) is 6.07 Å². The number of alkyl halides is 3. The Morgan fingerprint density at radius 2 is 1.86 bits per heavy atom. The highest BCUT2D eigenvalue weighted by molar-refractivity contribution is 5.89. The quantitative estimate of drug-likeness (QED) is 0.422. The summed E-state index contributed by atoms with van der Waals surface area (Å²) < 4.78 is 55.8. The molecule has 2 fully saturated rings. The van der Waals surface area contributed by atoms with E-state index in [1.54, 1.807) is 6.92 Å². The molecular formula is C25H28F4N6O. The highest BCUT2D eigenvalue weighted by atomic mass is 19.4. The van der Waals surface area contributed by atoms with Crippen molar-refractivity contribution in [2.75, 3.05) is 24.5 Å². The van der Waals surface area contributed by atoms with Crippen LogP contribution < -0.4 is 4.90 Å². The minimum atomic E-state index is -4.50. The molecule has 11 heteroatoms. The van der Waals surface area contributed by atoms with E-state index in [2.05, 4.69) is 19.9 Å². The van der Waals surface area contributed by atoms with Crippen molar-refractivity contribution in [3.63, 3.8) is 0 Å². The monoisotopic (exact) mass is 504 g/mol. The molecule has 0 bridgehead atoms. The first-order chi connectivity index (χ1) is 17.2. The number of piperidine rings is 1. The van der Waals surface area contributed by atoms with Gasteiger partial charge in [-0.15, -0.1) is 0 Å². The average Bonchev–Trinajstić information content (AvgIpc) is 3.62. The van der Waals surface area contributed by atoms with Crippen LogP contribution in [-0.2, 0) is 24.1 Å². The first-order valence-electron chi connectivity index (χ1n) is 12.2. The molecule has 0 radical (unpaired) electrons. The van der Waals surface area contributed by atoms with E-state index in [1.807, 2.05) is 9.47 Å². The number of likely N-dealkylation sites (tertiary alicyclic amines) is 1. The first kappa shape index (κ1) is 24.6. The summed E-state index contributed by atoms with van der Waals surface area (Å²) in [4.78, 5) is 27.8. The Morgan fingerprint density at radius 1 is 1.11 bits per heavy atom. The molecule has 2 aliphatic rings. The van der Waals surface area contributed by atoms with Gasteiger partial charge < -0.3 is 9.47 Å². The minimum Gasteiger partial charge on any atom is -0.348 e. The van der Waals surface area contributed by atoms with Crippen LogP contribution in [0.15, 0.2) is 30.9 Å². The Morgan fingerprint density at radius 3 is 2.47 bits per heavy atom. The predicted octanol–water partition coefficient (Wildman–Crippen LogP) is 4.45. The molecule has 4 heterocycles. The van der Waals surface area contributed by atoms with Crippen LogP contribution in [0.25, 0.3) is 11.0 Å². The topological polar surface area (TPSA) is 67.2 Å². The molecule has 3 aromatic heterocycles. The second kappa shape index (κ2) is 9.76. The van der Waals surface area contributed by atoms with Crippen LogP contribution >= 0.6 is 0 Å². The first-order valence-corrected chi connectivity index (χ1v) is 12.2. The Hall–Kier alpha value is -3.08. The number of hydrogen-bond acceptors (Lipinski definition) is 6. The van der Waals surface area contributed by atoms with Crippen molar-refractivity contribution in [2.45, 2.75) is 57.9 Å². The van der Waals surface area contributed by atoms with E-state index in [-0.39, 0.29) is 18.4 Å². The van der Waals surface area contributed by atoms with Crippen molar-refractivity contribution in [1.82, 2.24) is 24.4 Å². The van der Waals surface area contributed by atoms with Gasteiger partial charge in [0, 0.05) is 31.5 Å². The maximum absolute atomic E-state index is 15.3. The summed E-state index contributed by atoms with van der Waals surface area (Å²) in [6.07, 6.45) is 3.25. The van der Waals surface area contributed by atoms with E-state index in [4.69, 9.17) is 0 Å². The van der Waals surface area contributed by atoms with Crippen molar-refractivity contribution >= 4 is 22.6 Å². The number of nitrogens with zero attached hydrogens (tertiary/aromatic N) is 6. The van der Waals surface area contributed by atoms with Crippen molar-refractivity contribution in [2.24, 2.45) is 5.92 Å². The molecule has 0 unspecified atom stereocenters. The summed E-state index contributed by atoms with van der Waals surface area (Å²) >= 11 is 0. The van der Waals surface area contributed by atoms with Gasteiger partial charge in [-0.25, -0.2) is 14.4 Å². The molecule has 1 saturated heterocycles. The van der Waals surface area contributed by atoms with Crippen LogP contribution in [0.5, 0.6) is 0 Å². The van der Waals surface area contributed by atoms with E-state index in [0.717, 1.165) is 44.8 Å². The number of Topliss-reactive ketones (excluding diaryl/α,β-unsaturated/α-hetero) is 1. The summed E-state index contributed by atoms with van der Waals surface area (Å²) in [6.45, 7) is 4.64. The number of rotatable bonds is 8. The second-order valence-corrected chi connectivity index (χ2v) is 9.86. The van der Waals surface area contributed by atoms with E-state index in [9.17, 15) is 18.0 Å². The Kier molecular flexibility index (Phi) is 6.67. The van der Waals surface area contributed by atoms with Gasteiger partial charge in [0.05, 0.1) is 11.9 Å². The van der Waals surface area contributed by atoms with Crippen LogP contribution in [0.2, 0.25) is 0 Å². The maximum Gasteiger partial charge on any atom is 0.433 e. The fraction of sp³-hybridized carbons (Fsp3) is 0.520. The normalized spacial score (nSPS) is 17.6. The molecular weight excluding hydrogens is 476 g/mol. The van der Waals surface area contributed by atoms with Gasteiger partial charge >= 0.3 is 6.18 Å². The fourth-order valence-corrected chi connectivity index (χ4v) is 4.98. The van der Waals surface area contributed by atoms with E-state index in [0.29, 0.717) is 41.4 Å². The third-order valence-electron chi connectivity index (χ3n) is 6.92. The molecule has 1 aliphatic carbocycles. The zero-order chi connectivity index (χ0) is 25.4. The smallest absolute Gasteiger partial charge is 0.348 e. The standard InChI is InChI=1S/C25H28F4N6O/c1-16(36)11-33-8-6-17(7-9-33)12-34-14-20(26)22-23(34)31-15-32-24(22)35(19-3-4-19)13-18-2-5-21(30-10-18)25(27,28)29/h2,5,10,14-15,17,19H,3-4,6-9,11-13H2,1H3. The van der Waals surface area contributed by atoms with Gasteiger partial charge in [0.25, 0.3) is 0 Å². The van der Waals surface area contributed by atoms with Gasteiger partial charge in [-0.3, -0.25) is 14.7 Å². The van der Waals surface area contributed by atoms with Crippen molar-refractivity contribution in [1.29, 1.82) is 0 Å². The van der Waals surface area contributed by atoms with Gasteiger partial charge in [-0.05, 0) is 63.2 Å². The zero-order valence-corrected chi connectivity index (χ0v) is 20.0. The summed E-state index contributed by atoms with van der Waals surface area (Å²) in [7, 11) is 0. The summed E-state index contributed by atoms with van der Waals surface area (Å²) in [5.74, 6) is 0.545. The van der Waals surface area contributed by atoms with E-state index >= 15 is 4.39 Å². The summed E-state index contributed by atoms with van der Waals surface area (Å²) in [5.41, 5.74) is 0.169. The number of halogens is 4. The molecule has 0 aromatic carbocycles. The molecule has 36 heavy (non-hydrogen) atoms. The van der Waals surface area contributed by atoms with Crippen LogP contribution in [0.1, 0.15) is 43.9 Å². The Balaban J connectivity index is 1.36. The average molecular weight is 505 g/mol. The number of carbonyl (C=O) groups excluding carboxylic acids is 1. The van der Waals surface area contributed by atoms with E-state index < -0.39 is 17.7 Å². The SMILES string of the molecule is CC(=O)CN1CCC(Cn2cc(F)c3c(N(Cc4ccc(C(F)(F)F)nc4)C4CC4)ncnc32)CC1. The number of pyridine rings is 1. The lowest BCUT2D eigenvalue weighted by molar-refractivity contribution is -0.141. The highest BCUT2D eigenvalue weighted by Gasteiger charge is 2.34. The molecule has 5 rings (SSSR count). The minimum absolute atomic E-state index is 0.138. The lowest BCUT2D eigenvalue weighted by Gasteiger charge is -2.31. The van der Waals surface area contributed by atoms with Gasteiger partial charge in [0.2, 0.25) is 0 Å². The lowest BCUT2D eigenvalue weighted by Crippen LogP contribution is -2.37. The molecule has 0 atom stereocenters. The number of carbonyl (C=O) groups is 1. The predicted molar refractivity (Wildman–Crippen MR) is 126 cm³/mol. The Bertz CT molecular complexity index is 1230. The fourth-order valence-electron chi connectivity index (χ4n) is 4.98. The molecule has 0 N–H and O–H groups in total. The van der Waals surface area contributed by atoms with Crippen LogP contribution in [0.4, 0.5) is 23.4 Å². The molecule has 0 amide bonds. The Labute approximate surface area is 206 Å². The number of aromatic nitrogens is 4. The lowest BCUT2D eigenvalue weighted by atomic mass is 9.96. The summed E-state index contributed by atoms with van der Waals surface area (Å²) in [5, 5.41) is 0.332. The van der Waals surface area contributed by atoms with Crippen LogP contribution in [0.3, 0.4) is 0 Å². The highest BCUT2D eigenvalue weighted by Crippen LogP contribution is 2.37. The second-order valence-electron chi connectivity index (χ2n) is 9.86. The zero-order valence-electron chi connectivity index (χ0n) is 20.0. The van der Waals surface area contributed by atoms with Gasteiger partial charge in [-0.2, -0.15) is 13.2 Å². The van der Waals surface area contributed by atoms with Crippen molar-refractivity contribution in [3.05, 3.63) is 47.9 Å². The van der Waals surface area contributed by atoms with Gasteiger partial charge in [0.15, 0.2) is 5.82 Å². The number of ketones is 1. The number of anilines is 1. The third-order valence-corrected chi connectivity index (χ3v) is 6.92. The molecule has 192 valence electrons. The third kappa shape index (κ3) is 5.35. The van der Waals surface area contributed by atoms with Crippen molar-refractivity contribution in [3.8, 4) is 0 Å².